The zero-order valence-electron chi connectivity index (χ0n) is 14.3. The van der Waals surface area contributed by atoms with Crippen molar-refractivity contribution in [1.82, 2.24) is 20.0 Å². The minimum absolute atomic E-state index is 0.278. The van der Waals surface area contributed by atoms with E-state index in [9.17, 15) is 4.79 Å². The van der Waals surface area contributed by atoms with E-state index in [2.05, 4.69) is 27.0 Å². The van der Waals surface area contributed by atoms with Crippen LogP contribution >= 0.6 is 0 Å². The Bertz CT molecular complexity index is 748. The largest absolute Gasteiger partial charge is 0.465 e. The van der Waals surface area contributed by atoms with Crippen molar-refractivity contribution in [3.05, 3.63) is 29.5 Å². The summed E-state index contributed by atoms with van der Waals surface area (Å²) in [6.45, 7) is 4.32. The minimum Gasteiger partial charge on any atom is -0.465 e. The Morgan fingerprint density at radius 3 is 2.71 bits per heavy atom. The Hall–Kier alpha value is -1.92. The van der Waals surface area contributed by atoms with E-state index in [0.29, 0.717) is 5.56 Å². The van der Waals surface area contributed by atoms with Gasteiger partial charge in [-0.2, -0.15) is 5.10 Å². The number of H-pyrrole nitrogens is 1. The van der Waals surface area contributed by atoms with Crippen molar-refractivity contribution >= 4 is 16.9 Å². The molecule has 6 nitrogen and oxygen atoms in total. The minimum atomic E-state index is -0.310. The molecule has 0 spiro atoms. The van der Waals surface area contributed by atoms with Crippen LogP contribution in [0.1, 0.15) is 35.3 Å². The van der Waals surface area contributed by atoms with E-state index in [0.717, 1.165) is 23.1 Å². The van der Waals surface area contributed by atoms with Gasteiger partial charge in [0.05, 0.1) is 23.9 Å². The van der Waals surface area contributed by atoms with Crippen molar-refractivity contribution in [1.29, 1.82) is 0 Å². The molecule has 5 rings (SSSR count). The Kier molecular flexibility index (Phi) is 3.81. The van der Waals surface area contributed by atoms with Gasteiger partial charge in [-0.3, -0.25) is 10.00 Å². The molecule has 3 saturated heterocycles. The molecule has 1 aromatic carbocycles. The molecule has 3 aliphatic rings. The molecular formula is C18H24N4O2. The van der Waals surface area contributed by atoms with Crippen LogP contribution in [-0.4, -0.2) is 65.3 Å². The van der Waals surface area contributed by atoms with E-state index in [1.54, 1.807) is 0 Å². The molecule has 0 atom stereocenters. The molecule has 128 valence electrons. The van der Waals surface area contributed by atoms with E-state index in [1.807, 2.05) is 18.2 Å². The molecule has 1 N–H and O–H groups in total. The van der Waals surface area contributed by atoms with Crippen LogP contribution in [0.4, 0.5) is 0 Å². The smallest absolute Gasteiger partial charge is 0.338 e. The summed E-state index contributed by atoms with van der Waals surface area (Å²) >= 11 is 0. The van der Waals surface area contributed by atoms with Crippen LogP contribution < -0.4 is 0 Å². The first-order chi connectivity index (χ1) is 11.6. The lowest BCUT2D eigenvalue weighted by Gasteiger charge is -2.53. The van der Waals surface area contributed by atoms with Gasteiger partial charge in [-0.05, 0) is 58.1 Å². The third-order valence-corrected chi connectivity index (χ3v) is 5.95. The van der Waals surface area contributed by atoms with Crippen molar-refractivity contribution in [2.45, 2.75) is 31.3 Å². The Morgan fingerprint density at radius 2 is 2.04 bits per heavy atom. The van der Waals surface area contributed by atoms with Crippen molar-refractivity contribution in [3.8, 4) is 0 Å². The van der Waals surface area contributed by atoms with Gasteiger partial charge < -0.3 is 9.64 Å². The highest BCUT2D eigenvalue weighted by Crippen LogP contribution is 2.37. The molecule has 0 saturated carbocycles. The molecule has 3 aliphatic heterocycles. The molecule has 0 unspecified atom stereocenters. The van der Waals surface area contributed by atoms with E-state index in [-0.39, 0.29) is 11.5 Å². The molecular weight excluding hydrogens is 304 g/mol. The van der Waals surface area contributed by atoms with Crippen molar-refractivity contribution in [2.75, 3.05) is 33.8 Å². The van der Waals surface area contributed by atoms with Gasteiger partial charge in [0.2, 0.25) is 0 Å². The van der Waals surface area contributed by atoms with E-state index < -0.39 is 0 Å². The summed E-state index contributed by atoms with van der Waals surface area (Å²) in [6.07, 6.45) is 3.65. The highest BCUT2D eigenvalue weighted by atomic mass is 16.5. The number of aromatic nitrogens is 2. The predicted octanol–water partition coefficient (Wildman–Crippen LogP) is 2.02. The van der Waals surface area contributed by atoms with Crippen LogP contribution in [0, 0.1) is 0 Å². The number of carbonyl (C=O) groups excluding carboxylic acids is 1. The Balaban J connectivity index is 1.66. The van der Waals surface area contributed by atoms with Crippen LogP contribution in [0.2, 0.25) is 0 Å². The quantitative estimate of drug-likeness (QED) is 0.870. The van der Waals surface area contributed by atoms with Crippen LogP contribution in [-0.2, 0) is 11.3 Å². The van der Waals surface area contributed by atoms with E-state index >= 15 is 0 Å². The molecule has 1 aromatic heterocycles. The maximum atomic E-state index is 12.1. The van der Waals surface area contributed by atoms with Gasteiger partial charge in [-0.1, -0.05) is 6.07 Å². The lowest BCUT2D eigenvalue weighted by atomic mass is 9.78. The first kappa shape index (κ1) is 15.6. The molecule has 2 bridgehead atoms. The molecule has 2 aromatic rings. The zero-order valence-corrected chi connectivity index (χ0v) is 14.3. The van der Waals surface area contributed by atoms with Gasteiger partial charge >= 0.3 is 5.97 Å². The third kappa shape index (κ3) is 2.41. The fourth-order valence-corrected chi connectivity index (χ4v) is 4.31. The number of rotatable bonds is 4. The fourth-order valence-electron chi connectivity index (χ4n) is 4.31. The molecule has 4 heterocycles. The number of ether oxygens (including phenoxy) is 1. The predicted molar refractivity (Wildman–Crippen MR) is 91.9 cm³/mol. The number of nitrogens with one attached hydrogen (secondary N) is 1. The first-order valence-electron chi connectivity index (χ1n) is 8.61. The highest BCUT2D eigenvalue weighted by Gasteiger charge is 2.42. The zero-order chi connectivity index (χ0) is 16.7. The van der Waals surface area contributed by atoms with E-state index in [4.69, 9.17) is 4.74 Å². The van der Waals surface area contributed by atoms with Crippen molar-refractivity contribution in [2.24, 2.45) is 0 Å². The van der Waals surface area contributed by atoms with Crippen LogP contribution in [0.15, 0.2) is 18.2 Å². The summed E-state index contributed by atoms with van der Waals surface area (Å²) < 4.78 is 4.94. The average molecular weight is 328 g/mol. The number of fused-ring (bicyclic) bond motifs is 4. The monoisotopic (exact) mass is 328 g/mol. The normalized spacial score (nSPS) is 26.2. The summed E-state index contributed by atoms with van der Waals surface area (Å²) in [4.78, 5) is 17.1. The Morgan fingerprint density at radius 1 is 1.33 bits per heavy atom. The number of methoxy groups -OCH3 is 1. The number of hydrogen-bond acceptors (Lipinski definition) is 5. The maximum absolute atomic E-state index is 12.1. The van der Waals surface area contributed by atoms with Gasteiger partial charge in [0.15, 0.2) is 0 Å². The molecule has 0 radical (unpaired) electrons. The van der Waals surface area contributed by atoms with Gasteiger partial charge in [0.25, 0.3) is 0 Å². The second kappa shape index (κ2) is 5.86. The molecule has 6 heteroatoms. The van der Waals surface area contributed by atoms with Crippen LogP contribution in [0.3, 0.4) is 0 Å². The van der Waals surface area contributed by atoms with Gasteiger partial charge in [-0.25, -0.2) is 4.79 Å². The molecule has 0 aliphatic carbocycles. The van der Waals surface area contributed by atoms with Crippen molar-refractivity contribution < 1.29 is 9.53 Å². The summed E-state index contributed by atoms with van der Waals surface area (Å²) in [5, 5.41) is 8.45. The van der Waals surface area contributed by atoms with E-state index in [1.165, 1.54) is 46.0 Å². The molecule has 3 fully saturated rings. The van der Waals surface area contributed by atoms with Crippen molar-refractivity contribution in [3.63, 3.8) is 0 Å². The molecule has 0 amide bonds. The van der Waals surface area contributed by atoms with Gasteiger partial charge in [0.1, 0.15) is 0 Å². The number of esters is 1. The van der Waals surface area contributed by atoms with Crippen LogP contribution in [0.5, 0.6) is 0 Å². The second-order valence-corrected chi connectivity index (χ2v) is 7.06. The second-order valence-electron chi connectivity index (χ2n) is 7.06. The van der Waals surface area contributed by atoms with Gasteiger partial charge in [-0.15, -0.1) is 0 Å². The first-order valence-corrected chi connectivity index (χ1v) is 8.61. The fraction of sp³-hybridized carbons (Fsp3) is 0.556. The highest BCUT2D eigenvalue weighted by molar-refractivity contribution is 6.04. The number of benzene rings is 1. The summed E-state index contributed by atoms with van der Waals surface area (Å²) in [7, 11) is 3.62. The standard InChI is InChI=1S/C18H24N4O2/c1-21(18-6-9-22(10-7-18)11-8-18)12-15-16-13(17(23)24-2)4-3-5-14(16)19-20-15/h3-5H,6-12H2,1-2H3,(H,19,20). The van der Waals surface area contributed by atoms with Crippen LogP contribution in [0.25, 0.3) is 10.9 Å². The number of piperidine rings is 3. The average Bonchev–Trinajstić information content (AvgIpc) is 3.05. The molecule has 24 heavy (non-hydrogen) atoms. The summed E-state index contributed by atoms with van der Waals surface area (Å²) in [5.41, 5.74) is 2.68. The number of hydrogen-bond donors (Lipinski definition) is 1. The Labute approximate surface area is 141 Å². The lowest BCUT2D eigenvalue weighted by molar-refractivity contribution is -0.0224. The SMILES string of the molecule is COC(=O)c1cccc2[nH]nc(CN(C)C34CCN(CC3)CC4)c12. The number of carbonyl (C=O) groups is 1. The summed E-state index contributed by atoms with van der Waals surface area (Å²) in [6, 6.07) is 5.62. The topological polar surface area (TPSA) is 61.5 Å². The maximum Gasteiger partial charge on any atom is 0.338 e. The third-order valence-electron chi connectivity index (χ3n) is 5.95. The lowest BCUT2D eigenvalue weighted by Crippen LogP contribution is -2.59. The number of nitrogens with zero attached hydrogens (tertiary/aromatic N) is 3. The number of aromatic amines is 1. The summed E-state index contributed by atoms with van der Waals surface area (Å²) in [5.74, 6) is -0.310. The van der Waals surface area contributed by atoms with Gasteiger partial charge in [0, 0.05) is 17.5 Å².